The van der Waals surface area contributed by atoms with Crippen LogP contribution < -0.4 is 5.32 Å². The molecule has 14 heavy (non-hydrogen) atoms. The Morgan fingerprint density at radius 2 is 2.07 bits per heavy atom. The van der Waals surface area contributed by atoms with Crippen LogP contribution in [0.25, 0.3) is 0 Å². The standard InChI is InChI=1S/C11H23NO2/c1-2-9(13)7-8-12-10-5-3-4-6-11(10)14/h9-14H,2-8H2,1H3. The van der Waals surface area contributed by atoms with Crippen molar-refractivity contribution < 1.29 is 10.2 Å². The summed E-state index contributed by atoms with van der Waals surface area (Å²) in [5, 5.41) is 22.3. The van der Waals surface area contributed by atoms with Crippen LogP contribution in [0.15, 0.2) is 0 Å². The van der Waals surface area contributed by atoms with Crippen molar-refractivity contribution in [2.24, 2.45) is 0 Å². The SMILES string of the molecule is CCC(O)CCNC1CCCCC1O. The molecule has 0 aromatic rings. The van der Waals surface area contributed by atoms with E-state index < -0.39 is 0 Å². The van der Waals surface area contributed by atoms with E-state index in [1.165, 1.54) is 6.42 Å². The number of aliphatic hydroxyl groups is 2. The summed E-state index contributed by atoms with van der Waals surface area (Å²) in [6.45, 7) is 2.80. The highest BCUT2D eigenvalue weighted by Crippen LogP contribution is 2.18. The average Bonchev–Trinajstić information content (AvgIpc) is 2.20. The first kappa shape index (κ1) is 12.0. The maximum absolute atomic E-state index is 9.67. The molecular formula is C11H23NO2. The molecule has 84 valence electrons. The van der Waals surface area contributed by atoms with Crippen LogP contribution in [0.4, 0.5) is 0 Å². The highest BCUT2D eigenvalue weighted by atomic mass is 16.3. The van der Waals surface area contributed by atoms with Crippen LogP contribution in [0.3, 0.4) is 0 Å². The smallest absolute Gasteiger partial charge is 0.0693 e. The lowest BCUT2D eigenvalue weighted by atomic mass is 9.92. The number of hydrogen-bond acceptors (Lipinski definition) is 3. The number of aliphatic hydroxyl groups excluding tert-OH is 2. The zero-order valence-electron chi connectivity index (χ0n) is 9.08. The van der Waals surface area contributed by atoms with Crippen LogP contribution in [-0.4, -0.2) is 35.0 Å². The molecule has 1 fully saturated rings. The second-order valence-electron chi connectivity index (χ2n) is 4.26. The maximum Gasteiger partial charge on any atom is 0.0693 e. The first-order valence-electron chi connectivity index (χ1n) is 5.83. The molecule has 3 heteroatoms. The van der Waals surface area contributed by atoms with Gasteiger partial charge in [-0.25, -0.2) is 0 Å². The van der Waals surface area contributed by atoms with Gasteiger partial charge >= 0.3 is 0 Å². The topological polar surface area (TPSA) is 52.5 Å². The van der Waals surface area contributed by atoms with Crippen LogP contribution in [0.1, 0.15) is 45.4 Å². The Labute approximate surface area is 86.5 Å². The molecule has 0 radical (unpaired) electrons. The van der Waals surface area contributed by atoms with Crippen LogP contribution in [-0.2, 0) is 0 Å². The predicted molar refractivity (Wildman–Crippen MR) is 57.2 cm³/mol. The average molecular weight is 201 g/mol. The molecular weight excluding hydrogens is 178 g/mol. The highest BCUT2D eigenvalue weighted by Gasteiger charge is 2.21. The Morgan fingerprint density at radius 1 is 1.36 bits per heavy atom. The monoisotopic (exact) mass is 201 g/mol. The summed E-state index contributed by atoms with van der Waals surface area (Å²) in [7, 11) is 0. The molecule has 3 unspecified atom stereocenters. The lowest BCUT2D eigenvalue weighted by molar-refractivity contribution is 0.0867. The van der Waals surface area contributed by atoms with Crippen LogP contribution >= 0.6 is 0 Å². The molecule has 0 aromatic heterocycles. The van der Waals surface area contributed by atoms with Crippen molar-refractivity contribution in [2.75, 3.05) is 6.54 Å². The highest BCUT2D eigenvalue weighted by molar-refractivity contribution is 4.80. The van der Waals surface area contributed by atoms with Gasteiger partial charge in [0.1, 0.15) is 0 Å². The second kappa shape index (κ2) is 6.38. The minimum Gasteiger partial charge on any atom is -0.393 e. The zero-order valence-corrected chi connectivity index (χ0v) is 9.08. The molecule has 0 aromatic carbocycles. The van der Waals surface area contributed by atoms with Gasteiger partial charge in [-0.2, -0.15) is 0 Å². The molecule has 0 aliphatic heterocycles. The van der Waals surface area contributed by atoms with Crippen molar-refractivity contribution in [3.8, 4) is 0 Å². The summed E-state index contributed by atoms with van der Waals surface area (Å²) < 4.78 is 0. The summed E-state index contributed by atoms with van der Waals surface area (Å²) in [6, 6.07) is 0.257. The molecule has 0 saturated heterocycles. The van der Waals surface area contributed by atoms with Crippen molar-refractivity contribution >= 4 is 0 Å². The number of rotatable bonds is 5. The lowest BCUT2D eigenvalue weighted by Gasteiger charge is -2.28. The van der Waals surface area contributed by atoms with Gasteiger partial charge < -0.3 is 15.5 Å². The van der Waals surface area contributed by atoms with E-state index in [0.29, 0.717) is 0 Å². The van der Waals surface area contributed by atoms with Gasteiger partial charge in [-0.3, -0.25) is 0 Å². The number of nitrogens with one attached hydrogen (secondary N) is 1. The first-order valence-corrected chi connectivity index (χ1v) is 5.83. The Hall–Kier alpha value is -0.120. The van der Waals surface area contributed by atoms with Gasteiger partial charge in [0.2, 0.25) is 0 Å². The van der Waals surface area contributed by atoms with Crippen molar-refractivity contribution in [1.82, 2.24) is 5.32 Å². The van der Waals surface area contributed by atoms with E-state index in [9.17, 15) is 10.2 Å². The molecule has 3 nitrogen and oxygen atoms in total. The Balaban J connectivity index is 2.10. The molecule has 0 bridgehead atoms. The largest absolute Gasteiger partial charge is 0.393 e. The van der Waals surface area contributed by atoms with Crippen LogP contribution in [0.2, 0.25) is 0 Å². The summed E-state index contributed by atoms with van der Waals surface area (Å²) in [6.07, 6.45) is 5.60. The first-order chi connectivity index (χ1) is 6.74. The third kappa shape index (κ3) is 3.95. The van der Waals surface area contributed by atoms with Gasteiger partial charge in [0, 0.05) is 6.04 Å². The summed E-state index contributed by atoms with van der Waals surface area (Å²) >= 11 is 0. The fraction of sp³-hybridized carbons (Fsp3) is 1.00. The van der Waals surface area contributed by atoms with E-state index in [1.54, 1.807) is 0 Å². The molecule has 0 spiro atoms. The third-order valence-corrected chi connectivity index (χ3v) is 3.08. The Kier molecular flexibility index (Phi) is 5.45. The molecule has 0 heterocycles. The van der Waals surface area contributed by atoms with Gasteiger partial charge in [0.05, 0.1) is 12.2 Å². The molecule has 1 rings (SSSR count). The zero-order chi connectivity index (χ0) is 10.4. The Bertz CT molecular complexity index is 152. The number of hydrogen-bond donors (Lipinski definition) is 3. The quantitative estimate of drug-likeness (QED) is 0.623. The van der Waals surface area contributed by atoms with Gasteiger partial charge in [-0.15, -0.1) is 0 Å². The molecule has 3 N–H and O–H groups in total. The van der Waals surface area contributed by atoms with E-state index in [2.05, 4.69) is 5.32 Å². The maximum atomic E-state index is 9.67. The summed E-state index contributed by atoms with van der Waals surface area (Å²) in [5.41, 5.74) is 0. The van der Waals surface area contributed by atoms with Crippen molar-refractivity contribution in [3.63, 3.8) is 0 Å². The fourth-order valence-corrected chi connectivity index (χ4v) is 1.99. The third-order valence-electron chi connectivity index (χ3n) is 3.08. The molecule has 1 saturated carbocycles. The molecule has 3 atom stereocenters. The van der Waals surface area contributed by atoms with E-state index >= 15 is 0 Å². The van der Waals surface area contributed by atoms with Crippen molar-refractivity contribution in [3.05, 3.63) is 0 Å². The van der Waals surface area contributed by atoms with Gasteiger partial charge in [0.15, 0.2) is 0 Å². The molecule has 0 amide bonds. The second-order valence-corrected chi connectivity index (χ2v) is 4.26. The van der Waals surface area contributed by atoms with E-state index in [1.807, 2.05) is 6.92 Å². The minimum absolute atomic E-state index is 0.178. The van der Waals surface area contributed by atoms with E-state index in [4.69, 9.17) is 0 Å². The minimum atomic E-state index is -0.191. The van der Waals surface area contributed by atoms with Gasteiger partial charge in [0.25, 0.3) is 0 Å². The summed E-state index contributed by atoms with van der Waals surface area (Å²) in [4.78, 5) is 0. The van der Waals surface area contributed by atoms with Crippen molar-refractivity contribution in [1.29, 1.82) is 0 Å². The van der Waals surface area contributed by atoms with Gasteiger partial charge in [-0.1, -0.05) is 19.8 Å². The van der Waals surface area contributed by atoms with Gasteiger partial charge in [-0.05, 0) is 32.2 Å². The van der Waals surface area contributed by atoms with Crippen molar-refractivity contribution in [2.45, 2.75) is 63.7 Å². The molecule has 1 aliphatic rings. The van der Waals surface area contributed by atoms with E-state index in [0.717, 1.165) is 38.6 Å². The Morgan fingerprint density at radius 3 is 2.71 bits per heavy atom. The fourth-order valence-electron chi connectivity index (χ4n) is 1.99. The normalized spacial score (nSPS) is 30.2. The lowest BCUT2D eigenvalue weighted by Crippen LogP contribution is -2.42. The molecule has 1 aliphatic carbocycles. The van der Waals surface area contributed by atoms with Crippen LogP contribution in [0.5, 0.6) is 0 Å². The predicted octanol–water partition coefficient (Wildman–Crippen LogP) is 1.04. The van der Waals surface area contributed by atoms with E-state index in [-0.39, 0.29) is 18.2 Å². The van der Waals surface area contributed by atoms with Crippen LogP contribution in [0, 0.1) is 0 Å². The summed E-state index contributed by atoms with van der Waals surface area (Å²) in [5.74, 6) is 0.